The van der Waals surface area contributed by atoms with Crippen LogP contribution in [0.4, 0.5) is 8.78 Å². The number of hydrogen-bond acceptors (Lipinski definition) is 4. The first-order valence-electron chi connectivity index (χ1n) is 14.1. The number of aliphatic carboxylic acids is 1. The van der Waals surface area contributed by atoms with Crippen molar-refractivity contribution in [3.63, 3.8) is 0 Å². The molecule has 0 unspecified atom stereocenters. The van der Waals surface area contributed by atoms with Gasteiger partial charge in [-0.05, 0) is 104 Å². The summed E-state index contributed by atoms with van der Waals surface area (Å²) in [6.07, 6.45) is 7.44. The van der Waals surface area contributed by atoms with Crippen molar-refractivity contribution in [3.8, 4) is 11.4 Å². The number of aromatic nitrogens is 4. The fourth-order valence-corrected chi connectivity index (χ4v) is 5.40. The van der Waals surface area contributed by atoms with Gasteiger partial charge in [0.05, 0.1) is 34.8 Å². The maximum atomic E-state index is 13.0. The molecule has 0 spiro atoms. The van der Waals surface area contributed by atoms with Crippen molar-refractivity contribution in [1.82, 2.24) is 19.6 Å². The second-order valence-electron chi connectivity index (χ2n) is 10.6. The molecule has 0 aliphatic heterocycles. The molecule has 43 heavy (non-hydrogen) atoms. The summed E-state index contributed by atoms with van der Waals surface area (Å²) >= 11 is 0. The Morgan fingerprint density at radius 2 is 1.37 bits per heavy atom. The predicted octanol–water partition coefficient (Wildman–Crippen LogP) is 7.26. The van der Waals surface area contributed by atoms with Gasteiger partial charge >= 0.3 is 5.97 Å². The second kappa shape index (κ2) is 12.0. The Kier molecular flexibility index (Phi) is 7.79. The maximum Gasteiger partial charge on any atom is 0.303 e. The summed E-state index contributed by atoms with van der Waals surface area (Å²) in [4.78, 5) is 22.6. The molecule has 0 fully saturated rings. The average Bonchev–Trinajstić information content (AvgIpc) is 3.61. The molecule has 0 atom stereocenters. The first kappa shape index (κ1) is 28.0. The number of carboxylic acids is 1. The van der Waals surface area contributed by atoms with E-state index in [1.807, 2.05) is 30.3 Å². The molecule has 2 aromatic heterocycles. The second-order valence-corrected chi connectivity index (χ2v) is 10.6. The average molecular weight is 579 g/mol. The van der Waals surface area contributed by atoms with Crippen LogP contribution in [0.2, 0.25) is 0 Å². The van der Waals surface area contributed by atoms with E-state index in [1.165, 1.54) is 24.3 Å². The number of carboxylic acid groups (broad SMARTS) is 1. The van der Waals surface area contributed by atoms with Crippen molar-refractivity contribution < 1.29 is 23.5 Å². The molecule has 0 saturated heterocycles. The summed E-state index contributed by atoms with van der Waals surface area (Å²) in [5.74, 6) is -1.11. The van der Waals surface area contributed by atoms with Crippen LogP contribution in [-0.2, 0) is 17.6 Å². The highest BCUT2D eigenvalue weighted by atomic mass is 19.1. The minimum atomic E-state index is -0.780. The van der Waals surface area contributed by atoms with E-state index in [4.69, 9.17) is 5.11 Å². The van der Waals surface area contributed by atoms with Gasteiger partial charge in [0.1, 0.15) is 11.6 Å². The van der Waals surface area contributed by atoms with Crippen molar-refractivity contribution in [3.05, 3.63) is 120 Å². The maximum absolute atomic E-state index is 13.0. The number of aryl methyl sites for hydroxylation is 2. The lowest BCUT2D eigenvalue weighted by Crippen LogP contribution is -2.10. The van der Waals surface area contributed by atoms with Crippen molar-refractivity contribution in [2.75, 3.05) is 0 Å². The van der Waals surface area contributed by atoms with Crippen molar-refractivity contribution in [1.29, 1.82) is 0 Å². The van der Waals surface area contributed by atoms with Crippen molar-refractivity contribution in [2.24, 2.45) is 0 Å². The lowest BCUT2D eigenvalue weighted by atomic mass is 9.90. The van der Waals surface area contributed by atoms with Crippen LogP contribution in [0.3, 0.4) is 0 Å². The summed E-state index contributed by atoms with van der Waals surface area (Å²) in [5.41, 5.74) is 6.47. The van der Waals surface area contributed by atoms with Crippen molar-refractivity contribution in [2.45, 2.75) is 38.5 Å². The van der Waals surface area contributed by atoms with Gasteiger partial charge in [-0.2, -0.15) is 10.2 Å². The van der Waals surface area contributed by atoms with Gasteiger partial charge in [0, 0.05) is 29.2 Å². The Balaban J connectivity index is 0.000000153. The minimum Gasteiger partial charge on any atom is -0.481 e. The van der Waals surface area contributed by atoms with Gasteiger partial charge in [0.15, 0.2) is 5.78 Å². The molecule has 7 nitrogen and oxygen atoms in total. The van der Waals surface area contributed by atoms with Crippen molar-refractivity contribution >= 4 is 33.6 Å². The standard InChI is InChI=1S/C17H15FN2O2.C17H13FN2O/c18-14-6-8-15(9-7-14)20-16-10-12(2-1-3-17(21)22)4-5-13(16)11-19-20;18-13-4-6-14(7-5-13)20-16-9-11-2-1-3-17(21)15(11)8-12(16)10-19-20/h4-11H,1-3H2,(H,21,22);4-10H,1-3H2. The number of rotatable bonds is 6. The van der Waals surface area contributed by atoms with E-state index < -0.39 is 5.97 Å². The molecular weight excluding hydrogens is 550 g/mol. The zero-order valence-corrected chi connectivity index (χ0v) is 23.2. The van der Waals surface area contributed by atoms with Gasteiger partial charge in [-0.3, -0.25) is 9.59 Å². The predicted molar refractivity (Wildman–Crippen MR) is 160 cm³/mol. The Morgan fingerprint density at radius 1 is 0.767 bits per heavy atom. The monoisotopic (exact) mass is 578 g/mol. The molecule has 7 rings (SSSR count). The van der Waals surface area contributed by atoms with Crippen LogP contribution in [0.1, 0.15) is 47.2 Å². The molecular formula is C34H28F2N4O3. The summed E-state index contributed by atoms with van der Waals surface area (Å²) in [6, 6.07) is 22.3. The highest BCUT2D eigenvalue weighted by Crippen LogP contribution is 2.28. The first-order chi connectivity index (χ1) is 20.9. The van der Waals surface area contributed by atoms with E-state index in [0.29, 0.717) is 19.3 Å². The molecule has 0 radical (unpaired) electrons. The molecule has 1 aliphatic carbocycles. The number of benzene rings is 4. The Hall–Kier alpha value is -5.18. The van der Waals surface area contributed by atoms with Crippen LogP contribution in [0.5, 0.6) is 0 Å². The van der Waals surface area contributed by atoms with Gasteiger partial charge in [-0.1, -0.05) is 12.1 Å². The van der Waals surface area contributed by atoms with Crippen LogP contribution in [0.25, 0.3) is 33.2 Å². The number of Topliss-reactive ketones (excluding diaryl/α,β-unsaturated/α-hetero) is 1. The largest absolute Gasteiger partial charge is 0.481 e. The summed E-state index contributed by atoms with van der Waals surface area (Å²) in [7, 11) is 0. The van der Waals surface area contributed by atoms with E-state index in [9.17, 15) is 18.4 Å². The lowest BCUT2D eigenvalue weighted by Gasteiger charge is -2.15. The van der Waals surface area contributed by atoms with E-state index >= 15 is 0 Å². The number of nitrogens with zero attached hydrogens (tertiary/aromatic N) is 4. The third-order valence-electron chi connectivity index (χ3n) is 7.58. The van der Waals surface area contributed by atoms with Gasteiger partial charge in [0.2, 0.25) is 0 Å². The molecule has 216 valence electrons. The smallest absolute Gasteiger partial charge is 0.303 e. The number of fused-ring (bicyclic) bond motifs is 3. The highest BCUT2D eigenvalue weighted by molar-refractivity contribution is 6.02. The lowest BCUT2D eigenvalue weighted by molar-refractivity contribution is -0.137. The Labute approximate surface area is 246 Å². The molecule has 1 aliphatic rings. The van der Waals surface area contributed by atoms with E-state index in [2.05, 4.69) is 10.2 Å². The van der Waals surface area contributed by atoms with Crippen LogP contribution in [0, 0.1) is 11.6 Å². The van der Waals surface area contributed by atoms with E-state index in [0.717, 1.165) is 62.7 Å². The Bertz CT molecular complexity index is 1940. The van der Waals surface area contributed by atoms with E-state index in [1.54, 1.807) is 46.0 Å². The molecule has 0 amide bonds. The van der Waals surface area contributed by atoms with Gasteiger partial charge < -0.3 is 5.11 Å². The number of carbonyl (C=O) groups is 2. The highest BCUT2D eigenvalue weighted by Gasteiger charge is 2.19. The summed E-state index contributed by atoms with van der Waals surface area (Å²) < 4.78 is 29.6. The third kappa shape index (κ3) is 6.06. The number of ketones is 1. The SMILES string of the molecule is O=C(O)CCCc1ccc2cnn(-c3ccc(F)cc3)c2c1.O=C1CCCc2cc3c(cnn3-c3ccc(F)cc3)cc21. The first-order valence-corrected chi connectivity index (χ1v) is 14.1. The van der Waals surface area contributed by atoms with Gasteiger partial charge in [0.25, 0.3) is 0 Å². The summed E-state index contributed by atoms with van der Waals surface area (Å²) in [5, 5.41) is 19.4. The topological polar surface area (TPSA) is 90.0 Å². The third-order valence-corrected chi connectivity index (χ3v) is 7.58. The zero-order chi connectivity index (χ0) is 29.9. The number of halogens is 2. The van der Waals surface area contributed by atoms with Crippen LogP contribution < -0.4 is 0 Å². The fourth-order valence-electron chi connectivity index (χ4n) is 5.40. The number of hydrogen-bond donors (Lipinski definition) is 1. The van der Waals surface area contributed by atoms with Crippen LogP contribution >= 0.6 is 0 Å². The van der Waals surface area contributed by atoms with Crippen LogP contribution in [-0.4, -0.2) is 36.4 Å². The Morgan fingerprint density at radius 3 is 2.00 bits per heavy atom. The molecule has 6 aromatic rings. The van der Waals surface area contributed by atoms with E-state index in [-0.39, 0.29) is 23.8 Å². The normalized spacial score (nSPS) is 12.7. The molecule has 0 saturated carbocycles. The fraction of sp³-hybridized carbons (Fsp3) is 0.176. The molecule has 1 N–H and O–H groups in total. The van der Waals surface area contributed by atoms with Gasteiger partial charge in [-0.25, -0.2) is 18.1 Å². The van der Waals surface area contributed by atoms with Crippen LogP contribution in [0.15, 0.2) is 91.3 Å². The molecule has 2 heterocycles. The number of carbonyl (C=O) groups excluding carboxylic acids is 1. The molecule has 4 aromatic carbocycles. The minimum absolute atomic E-state index is 0.162. The molecule has 9 heteroatoms. The van der Waals surface area contributed by atoms with Gasteiger partial charge in [-0.15, -0.1) is 0 Å². The zero-order valence-electron chi connectivity index (χ0n) is 23.2. The summed E-state index contributed by atoms with van der Waals surface area (Å²) in [6.45, 7) is 0. The molecule has 0 bridgehead atoms. The quantitative estimate of drug-likeness (QED) is 0.225.